The van der Waals surface area contributed by atoms with Crippen LogP contribution >= 0.6 is 11.3 Å². The smallest absolute Gasteiger partial charge is 0.243 e. The van der Waals surface area contributed by atoms with Crippen LogP contribution < -0.4 is 10.1 Å². The summed E-state index contributed by atoms with van der Waals surface area (Å²) in [6.45, 7) is 1.89. The normalized spacial score (nSPS) is 18.2. The first-order valence-corrected chi connectivity index (χ1v) is 10.3. The highest BCUT2D eigenvalue weighted by atomic mass is 32.2. The first kappa shape index (κ1) is 17.9. The van der Waals surface area contributed by atoms with Gasteiger partial charge < -0.3 is 10.1 Å². The maximum absolute atomic E-state index is 13.1. The molecule has 0 unspecified atom stereocenters. The molecule has 25 heavy (non-hydrogen) atoms. The number of nitrogens with one attached hydrogen (secondary N) is 1. The largest absolute Gasteiger partial charge is 0.495 e. The number of sulfonamides is 1. The molecule has 1 aromatic heterocycles. The first-order chi connectivity index (χ1) is 11.9. The molecule has 2 heterocycles. The number of hydrogen-bond acceptors (Lipinski definition) is 5. The molecule has 1 aliphatic rings. The Hall–Kier alpha value is -1.90. The van der Waals surface area contributed by atoms with Crippen molar-refractivity contribution in [3.63, 3.8) is 0 Å². The second kappa shape index (κ2) is 7.15. The Bertz CT molecular complexity index is 863. The molecule has 1 aromatic carbocycles. The lowest BCUT2D eigenvalue weighted by Gasteiger charge is -2.23. The molecule has 3 rings (SSSR count). The Kier molecular flexibility index (Phi) is 5.12. The zero-order chi connectivity index (χ0) is 18.0. The number of benzene rings is 1. The van der Waals surface area contributed by atoms with Crippen LogP contribution in [-0.2, 0) is 14.8 Å². The highest BCUT2D eigenvalue weighted by molar-refractivity contribution is 7.89. The number of hydrogen-bond donors (Lipinski definition) is 1. The van der Waals surface area contributed by atoms with E-state index in [1.165, 1.54) is 26.2 Å². The highest BCUT2D eigenvalue weighted by Gasteiger charge is 2.37. The van der Waals surface area contributed by atoms with Gasteiger partial charge in [0, 0.05) is 24.4 Å². The third-order valence-corrected chi connectivity index (χ3v) is 7.04. The molecule has 0 bridgehead atoms. The molecule has 2 aromatic rings. The monoisotopic (exact) mass is 380 g/mol. The number of nitrogens with zero attached hydrogens (tertiary/aromatic N) is 1. The molecule has 6 nitrogen and oxygen atoms in total. The zero-order valence-electron chi connectivity index (χ0n) is 14.1. The minimum absolute atomic E-state index is 0.119. The molecule has 1 fully saturated rings. The molecule has 0 spiro atoms. The van der Waals surface area contributed by atoms with E-state index in [-0.39, 0.29) is 16.8 Å². The van der Waals surface area contributed by atoms with Crippen molar-refractivity contribution in [1.82, 2.24) is 4.31 Å². The fraction of sp³-hybridized carbons (Fsp3) is 0.353. The average Bonchev–Trinajstić information content (AvgIpc) is 3.25. The fourth-order valence-electron chi connectivity index (χ4n) is 3.05. The van der Waals surface area contributed by atoms with Crippen molar-refractivity contribution in [1.29, 1.82) is 0 Å². The van der Waals surface area contributed by atoms with Crippen LogP contribution in [-0.4, -0.2) is 32.3 Å². The topological polar surface area (TPSA) is 75.7 Å². The molecular formula is C17H20N2O4S2. The minimum Gasteiger partial charge on any atom is -0.495 e. The molecule has 0 saturated carbocycles. The van der Waals surface area contributed by atoms with Crippen LogP contribution in [0.15, 0.2) is 40.6 Å². The van der Waals surface area contributed by atoms with Gasteiger partial charge >= 0.3 is 0 Å². The van der Waals surface area contributed by atoms with E-state index < -0.39 is 10.0 Å². The number of carbonyl (C=O) groups excluding carboxylic acids is 1. The van der Waals surface area contributed by atoms with Crippen LogP contribution in [0.3, 0.4) is 0 Å². The van der Waals surface area contributed by atoms with Crippen molar-refractivity contribution in [3.8, 4) is 5.75 Å². The summed E-state index contributed by atoms with van der Waals surface area (Å²) < 4.78 is 33.1. The van der Waals surface area contributed by atoms with E-state index in [2.05, 4.69) is 5.32 Å². The lowest BCUT2D eigenvalue weighted by atomic mass is 10.2. The summed E-state index contributed by atoms with van der Waals surface area (Å²) in [4.78, 5) is 12.5. The molecule has 1 N–H and O–H groups in total. The lowest BCUT2D eigenvalue weighted by molar-refractivity contribution is -0.114. The van der Waals surface area contributed by atoms with Crippen LogP contribution in [0, 0.1) is 0 Å². The number of ether oxygens (including phenoxy) is 1. The number of methoxy groups -OCH3 is 1. The quantitative estimate of drug-likeness (QED) is 0.864. The van der Waals surface area contributed by atoms with Gasteiger partial charge in [0.2, 0.25) is 15.9 Å². The van der Waals surface area contributed by atoms with E-state index in [9.17, 15) is 13.2 Å². The SMILES string of the molecule is COc1cc(S(=O)(=O)N2CCC[C@@H]2c2cccs2)ccc1NC(C)=O. The van der Waals surface area contributed by atoms with Crippen LogP contribution in [0.4, 0.5) is 5.69 Å². The molecular weight excluding hydrogens is 360 g/mol. The highest BCUT2D eigenvalue weighted by Crippen LogP contribution is 2.39. The van der Waals surface area contributed by atoms with Crippen LogP contribution in [0.5, 0.6) is 5.75 Å². The van der Waals surface area contributed by atoms with E-state index in [0.717, 1.165) is 17.7 Å². The van der Waals surface area contributed by atoms with Crippen molar-refractivity contribution in [2.24, 2.45) is 0 Å². The Morgan fingerprint density at radius 1 is 1.36 bits per heavy atom. The van der Waals surface area contributed by atoms with E-state index in [0.29, 0.717) is 18.0 Å². The first-order valence-electron chi connectivity index (χ1n) is 7.94. The molecule has 0 radical (unpaired) electrons. The molecule has 1 saturated heterocycles. The predicted molar refractivity (Wildman–Crippen MR) is 97.5 cm³/mol. The molecule has 134 valence electrons. The summed E-state index contributed by atoms with van der Waals surface area (Å²) in [7, 11) is -2.20. The van der Waals surface area contributed by atoms with Crippen LogP contribution in [0.1, 0.15) is 30.7 Å². The van der Waals surface area contributed by atoms with Crippen LogP contribution in [0.2, 0.25) is 0 Å². The Morgan fingerprint density at radius 3 is 2.80 bits per heavy atom. The number of amides is 1. The van der Waals surface area contributed by atoms with Crippen molar-refractivity contribution < 1.29 is 17.9 Å². The van der Waals surface area contributed by atoms with Gasteiger partial charge in [-0.3, -0.25) is 4.79 Å². The second-order valence-electron chi connectivity index (χ2n) is 5.83. The molecule has 8 heteroatoms. The maximum Gasteiger partial charge on any atom is 0.243 e. The Balaban J connectivity index is 1.95. The van der Waals surface area contributed by atoms with Gasteiger partial charge in [-0.25, -0.2) is 8.42 Å². The second-order valence-corrected chi connectivity index (χ2v) is 8.70. The standard InChI is InChI=1S/C17H20N2O4S2/c1-12(20)18-14-8-7-13(11-16(14)23-2)25(21,22)19-9-3-5-15(19)17-6-4-10-24-17/h4,6-8,10-11,15H,3,5,9H2,1-2H3,(H,18,20)/t15-/m1/s1. The average molecular weight is 380 g/mol. The number of rotatable bonds is 5. The van der Waals surface area contributed by atoms with Gasteiger partial charge in [0.05, 0.1) is 23.7 Å². The van der Waals surface area contributed by atoms with Gasteiger partial charge in [-0.2, -0.15) is 4.31 Å². The van der Waals surface area contributed by atoms with E-state index >= 15 is 0 Å². The Labute approximate surface area is 151 Å². The Morgan fingerprint density at radius 2 is 2.16 bits per heavy atom. The van der Waals surface area contributed by atoms with E-state index in [1.807, 2.05) is 17.5 Å². The van der Waals surface area contributed by atoms with Crippen molar-refractivity contribution >= 4 is 33.0 Å². The van der Waals surface area contributed by atoms with Gasteiger partial charge in [0.1, 0.15) is 5.75 Å². The van der Waals surface area contributed by atoms with E-state index in [4.69, 9.17) is 4.74 Å². The summed E-state index contributed by atoms with van der Waals surface area (Å²) >= 11 is 1.57. The number of thiophene rings is 1. The van der Waals surface area contributed by atoms with Crippen molar-refractivity contribution in [2.75, 3.05) is 19.0 Å². The third kappa shape index (κ3) is 3.56. The minimum atomic E-state index is -3.64. The molecule has 1 atom stereocenters. The van der Waals surface area contributed by atoms with Crippen molar-refractivity contribution in [2.45, 2.75) is 30.7 Å². The van der Waals surface area contributed by atoms with Crippen molar-refractivity contribution in [3.05, 3.63) is 40.6 Å². The zero-order valence-corrected chi connectivity index (χ0v) is 15.7. The summed E-state index contributed by atoms with van der Waals surface area (Å²) in [5.41, 5.74) is 0.449. The van der Waals surface area contributed by atoms with Gasteiger partial charge in [-0.15, -0.1) is 11.3 Å². The van der Waals surface area contributed by atoms with Gasteiger partial charge in [-0.05, 0) is 36.4 Å². The molecule has 1 aliphatic heterocycles. The third-order valence-electron chi connectivity index (χ3n) is 4.17. The molecule has 0 aliphatic carbocycles. The van der Waals surface area contributed by atoms with Gasteiger partial charge in [0.15, 0.2) is 0 Å². The summed E-state index contributed by atoms with van der Waals surface area (Å²) in [5, 5.41) is 4.59. The predicted octanol–water partition coefficient (Wildman–Crippen LogP) is 3.24. The maximum atomic E-state index is 13.1. The summed E-state index contributed by atoms with van der Waals surface area (Å²) in [6, 6.07) is 8.32. The summed E-state index contributed by atoms with van der Waals surface area (Å²) in [5.74, 6) is 0.0781. The lowest BCUT2D eigenvalue weighted by Crippen LogP contribution is -2.30. The fourth-order valence-corrected chi connectivity index (χ4v) is 5.68. The summed E-state index contributed by atoms with van der Waals surface area (Å²) in [6.07, 6.45) is 1.66. The number of carbonyl (C=O) groups is 1. The van der Waals surface area contributed by atoms with E-state index in [1.54, 1.807) is 21.7 Å². The van der Waals surface area contributed by atoms with Crippen LogP contribution in [0.25, 0.3) is 0 Å². The molecule has 1 amide bonds. The van der Waals surface area contributed by atoms with Gasteiger partial charge in [-0.1, -0.05) is 6.07 Å². The van der Waals surface area contributed by atoms with Gasteiger partial charge in [0.25, 0.3) is 0 Å². The number of anilines is 1.